The number of amides is 1. The van der Waals surface area contributed by atoms with Crippen LogP contribution in [0, 0.1) is 5.92 Å². The molecule has 2 heterocycles. The van der Waals surface area contributed by atoms with Gasteiger partial charge in [0.2, 0.25) is 5.88 Å². The van der Waals surface area contributed by atoms with Crippen LogP contribution in [-0.4, -0.2) is 29.0 Å². The van der Waals surface area contributed by atoms with Gasteiger partial charge >= 0.3 is 0 Å². The van der Waals surface area contributed by atoms with Crippen molar-refractivity contribution in [2.45, 2.75) is 39.5 Å². The van der Waals surface area contributed by atoms with Crippen molar-refractivity contribution in [3.05, 3.63) is 16.8 Å². The first-order valence-corrected chi connectivity index (χ1v) is 8.65. The number of thiophene rings is 1. The van der Waals surface area contributed by atoms with Crippen molar-refractivity contribution >= 4 is 27.5 Å². The molecule has 2 aromatic rings. The highest BCUT2D eigenvalue weighted by Crippen LogP contribution is 2.40. The monoisotopic (exact) mass is 319 g/mol. The van der Waals surface area contributed by atoms with Crippen molar-refractivity contribution in [2.75, 3.05) is 13.2 Å². The Balaban J connectivity index is 1.82. The van der Waals surface area contributed by atoms with Crippen molar-refractivity contribution in [3.8, 4) is 5.88 Å². The molecule has 1 aliphatic carbocycles. The molecule has 1 amide bonds. The fourth-order valence-corrected chi connectivity index (χ4v) is 4.15. The molecule has 0 aromatic carbocycles. The summed E-state index contributed by atoms with van der Waals surface area (Å²) in [5.41, 5.74) is 1.32. The van der Waals surface area contributed by atoms with E-state index in [1.165, 1.54) is 23.2 Å². The summed E-state index contributed by atoms with van der Waals surface area (Å²) in [6.07, 6.45) is 5.77. The first-order valence-electron chi connectivity index (χ1n) is 7.83. The lowest BCUT2D eigenvalue weighted by atomic mass is 9.89. The summed E-state index contributed by atoms with van der Waals surface area (Å²) < 4.78 is 5.67. The molecule has 3 rings (SSSR count). The number of nitrogens with zero attached hydrogens (tertiary/aromatic N) is 2. The third-order valence-corrected chi connectivity index (χ3v) is 5.13. The number of ether oxygens (including phenoxy) is 1. The van der Waals surface area contributed by atoms with Gasteiger partial charge in [-0.15, -0.1) is 11.3 Å². The number of hydrogen-bond donors (Lipinski definition) is 1. The molecular formula is C16H21N3O2S. The van der Waals surface area contributed by atoms with Gasteiger partial charge in [0.05, 0.1) is 5.39 Å². The van der Waals surface area contributed by atoms with Crippen LogP contribution in [0.5, 0.6) is 5.88 Å². The molecule has 118 valence electrons. The van der Waals surface area contributed by atoms with Crippen molar-refractivity contribution in [2.24, 2.45) is 5.92 Å². The second-order valence-corrected chi connectivity index (χ2v) is 6.93. The Kier molecular flexibility index (Phi) is 4.57. The summed E-state index contributed by atoms with van der Waals surface area (Å²) >= 11 is 1.73. The molecule has 0 fully saturated rings. The van der Waals surface area contributed by atoms with E-state index in [-0.39, 0.29) is 12.5 Å². The van der Waals surface area contributed by atoms with E-state index in [4.69, 9.17) is 4.74 Å². The van der Waals surface area contributed by atoms with Crippen molar-refractivity contribution in [1.82, 2.24) is 15.3 Å². The van der Waals surface area contributed by atoms with E-state index in [0.29, 0.717) is 12.4 Å². The van der Waals surface area contributed by atoms with E-state index in [9.17, 15) is 4.79 Å². The van der Waals surface area contributed by atoms with Crippen LogP contribution in [0.1, 0.15) is 37.1 Å². The molecular weight excluding hydrogens is 298 g/mol. The molecule has 0 saturated carbocycles. The van der Waals surface area contributed by atoms with Crippen LogP contribution in [0.15, 0.2) is 6.33 Å². The normalized spacial score (nSPS) is 17.3. The predicted molar refractivity (Wildman–Crippen MR) is 87.4 cm³/mol. The number of aromatic nitrogens is 2. The zero-order valence-electron chi connectivity index (χ0n) is 13.0. The zero-order chi connectivity index (χ0) is 15.5. The van der Waals surface area contributed by atoms with Gasteiger partial charge in [0.15, 0.2) is 6.61 Å². The topological polar surface area (TPSA) is 64.1 Å². The van der Waals surface area contributed by atoms with E-state index < -0.39 is 0 Å². The molecule has 6 heteroatoms. The SMILES string of the molecule is CCCNC(=O)COc1ncnc2sc3c(c12)CCC(C)C3. The molecule has 0 radical (unpaired) electrons. The summed E-state index contributed by atoms with van der Waals surface area (Å²) in [6.45, 7) is 4.99. The molecule has 1 atom stereocenters. The number of hydrogen-bond acceptors (Lipinski definition) is 5. The van der Waals surface area contributed by atoms with E-state index in [1.807, 2.05) is 6.92 Å². The van der Waals surface area contributed by atoms with Crippen LogP contribution < -0.4 is 10.1 Å². The minimum atomic E-state index is -0.105. The van der Waals surface area contributed by atoms with Gasteiger partial charge in [0.1, 0.15) is 11.2 Å². The van der Waals surface area contributed by atoms with E-state index in [1.54, 1.807) is 11.3 Å². The fourth-order valence-electron chi connectivity index (χ4n) is 2.80. The molecule has 0 aliphatic heterocycles. The highest BCUT2D eigenvalue weighted by molar-refractivity contribution is 7.18. The summed E-state index contributed by atoms with van der Waals surface area (Å²) in [5.74, 6) is 1.16. The Morgan fingerprint density at radius 3 is 3.18 bits per heavy atom. The smallest absolute Gasteiger partial charge is 0.258 e. The van der Waals surface area contributed by atoms with Crippen LogP contribution in [0.25, 0.3) is 10.2 Å². The lowest BCUT2D eigenvalue weighted by Gasteiger charge is -2.18. The van der Waals surface area contributed by atoms with Gasteiger partial charge in [0, 0.05) is 11.4 Å². The molecule has 22 heavy (non-hydrogen) atoms. The van der Waals surface area contributed by atoms with Crippen molar-refractivity contribution < 1.29 is 9.53 Å². The molecule has 0 bridgehead atoms. The Bertz CT molecular complexity index is 683. The van der Waals surface area contributed by atoms with Gasteiger partial charge in [0.25, 0.3) is 5.91 Å². The van der Waals surface area contributed by atoms with Crippen LogP contribution in [0.3, 0.4) is 0 Å². The number of nitrogens with one attached hydrogen (secondary N) is 1. The van der Waals surface area contributed by atoms with Gasteiger partial charge in [-0.2, -0.15) is 0 Å². The highest BCUT2D eigenvalue weighted by atomic mass is 32.1. The number of rotatable bonds is 5. The maximum atomic E-state index is 11.7. The van der Waals surface area contributed by atoms with Gasteiger partial charge in [-0.25, -0.2) is 9.97 Å². The van der Waals surface area contributed by atoms with Gasteiger partial charge in [-0.1, -0.05) is 13.8 Å². The molecule has 5 nitrogen and oxygen atoms in total. The molecule has 1 N–H and O–H groups in total. The van der Waals surface area contributed by atoms with Gasteiger partial charge in [-0.3, -0.25) is 4.79 Å². The average Bonchev–Trinajstić information content (AvgIpc) is 2.88. The van der Waals surface area contributed by atoms with Crippen molar-refractivity contribution in [3.63, 3.8) is 0 Å². The number of fused-ring (bicyclic) bond motifs is 3. The van der Waals surface area contributed by atoms with Crippen LogP contribution >= 0.6 is 11.3 Å². The third-order valence-electron chi connectivity index (χ3n) is 3.97. The van der Waals surface area contributed by atoms with E-state index in [2.05, 4.69) is 22.2 Å². The Morgan fingerprint density at radius 2 is 2.36 bits per heavy atom. The van der Waals surface area contributed by atoms with Gasteiger partial charge < -0.3 is 10.1 Å². The quantitative estimate of drug-likeness (QED) is 0.920. The van der Waals surface area contributed by atoms with Crippen LogP contribution in [-0.2, 0) is 17.6 Å². The fraction of sp³-hybridized carbons (Fsp3) is 0.562. The number of carbonyl (C=O) groups excluding carboxylic acids is 1. The van der Waals surface area contributed by atoms with E-state index in [0.717, 1.165) is 35.4 Å². The summed E-state index contributed by atoms with van der Waals surface area (Å²) in [6, 6.07) is 0. The number of carbonyl (C=O) groups is 1. The van der Waals surface area contributed by atoms with Crippen LogP contribution in [0.2, 0.25) is 0 Å². The largest absolute Gasteiger partial charge is 0.467 e. The maximum absolute atomic E-state index is 11.7. The third kappa shape index (κ3) is 3.06. The first-order chi connectivity index (χ1) is 10.7. The second-order valence-electron chi connectivity index (χ2n) is 5.85. The molecule has 0 spiro atoms. The summed E-state index contributed by atoms with van der Waals surface area (Å²) in [4.78, 5) is 22.7. The van der Waals surface area contributed by atoms with Gasteiger partial charge in [-0.05, 0) is 37.2 Å². The molecule has 2 aromatic heterocycles. The number of aryl methyl sites for hydroxylation is 1. The summed E-state index contributed by atoms with van der Waals surface area (Å²) in [7, 11) is 0. The molecule has 1 unspecified atom stereocenters. The Hall–Kier alpha value is -1.69. The molecule has 1 aliphatic rings. The standard InChI is InChI=1S/C16H21N3O2S/c1-3-6-17-13(20)8-21-15-14-11-5-4-10(2)7-12(11)22-16(14)19-9-18-15/h9-10H,3-8H2,1-2H3,(H,17,20). The highest BCUT2D eigenvalue weighted by Gasteiger charge is 2.23. The lowest BCUT2D eigenvalue weighted by Crippen LogP contribution is -2.29. The molecule has 0 saturated heterocycles. The average molecular weight is 319 g/mol. The summed E-state index contributed by atoms with van der Waals surface area (Å²) in [5, 5.41) is 3.82. The minimum Gasteiger partial charge on any atom is -0.467 e. The zero-order valence-corrected chi connectivity index (χ0v) is 13.8. The first kappa shape index (κ1) is 15.2. The second kappa shape index (κ2) is 6.60. The maximum Gasteiger partial charge on any atom is 0.258 e. The minimum absolute atomic E-state index is 0.00708. The Labute approximate surface area is 134 Å². The van der Waals surface area contributed by atoms with E-state index >= 15 is 0 Å². The lowest BCUT2D eigenvalue weighted by molar-refractivity contribution is -0.123. The van der Waals surface area contributed by atoms with Crippen molar-refractivity contribution in [1.29, 1.82) is 0 Å². The Morgan fingerprint density at radius 1 is 1.50 bits per heavy atom. The van der Waals surface area contributed by atoms with Crippen LogP contribution in [0.4, 0.5) is 0 Å². The predicted octanol–water partition coefficient (Wildman–Crippen LogP) is 2.72.